The van der Waals surface area contributed by atoms with Crippen molar-refractivity contribution in [1.82, 2.24) is 0 Å². The quantitative estimate of drug-likeness (QED) is 0.0594. The van der Waals surface area contributed by atoms with Crippen LogP contribution in [0.1, 0.15) is 218 Å². The molecule has 3 atom stereocenters. The molecule has 8 heteroatoms. The van der Waals surface area contributed by atoms with Crippen LogP contribution in [0.4, 0.5) is 0 Å². The Balaban J connectivity index is -0.000000296. The zero-order chi connectivity index (χ0) is 39.1. The van der Waals surface area contributed by atoms with Gasteiger partial charge in [-0.1, -0.05) is 117 Å². The SMILES string of the molecule is CCCCCCCCC(C)[NH+](CC)CC.CCCCCCCCC(C)[NH+](CC)CC.CCCCCCCCC(C)[NH+](CC)CC.O=P([O-])([O-])[O-]. The van der Waals surface area contributed by atoms with E-state index >= 15 is 0 Å². The highest BCUT2D eigenvalue weighted by Gasteiger charge is 2.14. The van der Waals surface area contributed by atoms with Crippen molar-refractivity contribution < 1.29 is 33.9 Å². The molecule has 0 aromatic heterocycles. The highest BCUT2D eigenvalue weighted by atomic mass is 31.2. The fraction of sp³-hybridized carbons (Fsp3) is 1.00. The lowest BCUT2D eigenvalue weighted by Gasteiger charge is -2.36. The standard InChI is InChI=1S/3C14H31N.H3O4P/c3*1-5-8-9-10-11-12-13-14(4)15(6-2)7-3;1-5(2,3)4/h3*14H,5-13H2,1-4H3;(H3,1,2,3,4). The molecular formula is C42H96N3O4P. The molecule has 0 bridgehead atoms. The van der Waals surface area contributed by atoms with E-state index in [1.807, 2.05) is 0 Å². The van der Waals surface area contributed by atoms with Gasteiger partial charge >= 0.3 is 0 Å². The molecule has 0 saturated carbocycles. The molecule has 0 radical (unpaired) electrons. The zero-order valence-corrected chi connectivity index (χ0v) is 37.3. The van der Waals surface area contributed by atoms with Gasteiger partial charge < -0.3 is 33.9 Å². The van der Waals surface area contributed by atoms with Crippen molar-refractivity contribution in [2.75, 3.05) is 39.3 Å². The number of rotatable bonds is 30. The molecule has 0 aromatic carbocycles. The third-order valence-corrected chi connectivity index (χ3v) is 10.8. The van der Waals surface area contributed by atoms with Gasteiger partial charge in [-0.2, -0.15) is 7.82 Å². The minimum atomic E-state index is -5.39. The summed E-state index contributed by atoms with van der Waals surface area (Å²) in [4.78, 5) is 30.9. The van der Waals surface area contributed by atoms with Crippen LogP contribution in [-0.2, 0) is 4.57 Å². The molecule has 0 heterocycles. The molecular weight excluding hydrogens is 641 g/mol. The maximum atomic E-state index is 8.55. The Kier molecular flexibility index (Phi) is 49.2. The van der Waals surface area contributed by atoms with Crippen LogP contribution in [0.3, 0.4) is 0 Å². The molecule has 0 saturated heterocycles. The van der Waals surface area contributed by atoms with Crippen molar-refractivity contribution in [2.24, 2.45) is 0 Å². The number of unbranched alkanes of at least 4 members (excludes halogenated alkanes) is 15. The summed E-state index contributed by atoms with van der Waals surface area (Å²) in [6, 6.07) is 2.60. The smallest absolute Gasteiger partial charge is 0.0845 e. The van der Waals surface area contributed by atoms with E-state index in [4.69, 9.17) is 19.2 Å². The molecule has 50 heavy (non-hydrogen) atoms. The number of nitrogens with one attached hydrogen (secondary N) is 3. The van der Waals surface area contributed by atoms with E-state index in [2.05, 4.69) is 83.1 Å². The summed E-state index contributed by atoms with van der Waals surface area (Å²) < 4.78 is 8.55. The first kappa shape index (κ1) is 56.7. The van der Waals surface area contributed by atoms with Gasteiger partial charge in [-0.15, -0.1) is 0 Å². The highest BCUT2D eigenvalue weighted by Crippen LogP contribution is 2.09. The Morgan fingerprint density at radius 1 is 0.360 bits per heavy atom. The summed E-state index contributed by atoms with van der Waals surface area (Å²) in [5.41, 5.74) is 0. The first-order chi connectivity index (χ1) is 23.8. The molecule has 0 aliphatic heterocycles. The van der Waals surface area contributed by atoms with E-state index in [0.717, 1.165) is 18.1 Å². The largest absolute Gasteiger partial charge is 0.822 e. The predicted octanol–water partition coefficient (Wildman–Crippen LogP) is 6.33. The molecule has 0 aliphatic carbocycles. The van der Waals surface area contributed by atoms with Gasteiger partial charge in [-0.05, 0) is 101 Å². The number of quaternary nitrogens is 3. The van der Waals surface area contributed by atoms with Crippen LogP contribution in [0, 0.1) is 0 Å². The lowest BCUT2D eigenvalue weighted by Crippen LogP contribution is -3.14. The van der Waals surface area contributed by atoms with Crippen LogP contribution in [0.2, 0.25) is 0 Å². The maximum Gasteiger partial charge on any atom is 0.0845 e. The van der Waals surface area contributed by atoms with Gasteiger partial charge in [-0.25, -0.2) is 0 Å². The summed E-state index contributed by atoms with van der Waals surface area (Å²) >= 11 is 0. The minimum absolute atomic E-state index is 0.867. The van der Waals surface area contributed by atoms with Gasteiger partial charge in [0.1, 0.15) is 0 Å². The lowest BCUT2D eigenvalue weighted by atomic mass is 10.1. The number of phosphoric acid groups is 1. The molecule has 0 rings (SSSR count). The van der Waals surface area contributed by atoms with Gasteiger partial charge in [0.25, 0.3) is 0 Å². The van der Waals surface area contributed by atoms with E-state index in [1.165, 1.54) is 174 Å². The van der Waals surface area contributed by atoms with E-state index in [1.54, 1.807) is 14.7 Å². The average Bonchev–Trinajstić information content (AvgIpc) is 3.07. The zero-order valence-electron chi connectivity index (χ0n) is 36.4. The van der Waals surface area contributed by atoms with E-state index < -0.39 is 7.82 Å². The van der Waals surface area contributed by atoms with Crippen LogP contribution in [-0.4, -0.2) is 57.4 Å². The number of hydrogen-bond acceptors (Lipinski definition) is 4. The molecule has 308 valence electrons. The number of hydrogen-bond donors (Lipinski definition) is 3. The third kappa shape index (κ3) is 46.0. The molecule has 0 aliphatic rings. The van der Waals surface area contributed by atoms with Crippen LogP contribution in [0.25, 0.3) is 0 Å². The summed E-state index contributed by atoms with van der Waals surface area (Å²) in [6.07, 6.45) is 30.0. The monoisotopic (exact) mass is 738 g/mol. The van der Waals surface area contributed by atoms with Crippen molar-refractivity contribution in [1.29, 1.82) is 0 Å². The van der Waals surface area contributed by atoms with Crippen molar-refractivity contribution in [3.8, 4) is 0 Å². The van der Waals surface area contributed by atoms with Gasteiger partial charge in [0.05, 0.1) is 57.4 Å². The fourth-order valence-electron chi connectivity index (χ4n) is 7.15. The molecule has 7 nitrogen and oxygen atoms in total. The Morgan fingerprint density at radius 3 is 0.680 bits per heavy atom. The maximum absolute atomic E-state index is 8.55. The van der Waals surface area contributed by atoms with E-state index in [9.17, 15) is 0 Å². The van der Waals surface area contributed by atoms with E-state index in [0.29, 0.717) is 0 Å². The minimum Gasteiger partial charge on any atom is -0.822 e. The summed E-state index contributed by atoms with van der Waals surface area (Å²) in [6.45, 7) is 35.6. The van der Waals surface area contributed by atoms with Gasteiger partial charge in [0.2, 0.25) is 0 Å². The average molecular weight is 738 g/mol. The molecule has 0 aromatic rings. The second kappa shape index (κ2) is 43.4. The Morgan fingerprint density at radius 2 is 0.520 bits per heavy atom. The normalized spacial score (nSPS) is 13.2. The molecule has 0 amide bonds. The second-order valence-electron chi connectivity index (χ2n) is 14.9. The van der Waals surface area contributed by atoms with Gasteiger partial charge in [0, 0.05) is 0 Å². The van der Waals surface area contributed by atoms with Crippen molar-refractivity contribution in [3.05, 3.63) is 0 Å². The Labute approximate surface area is 316 Å². The second-order valence-corrected chi connectivity index (χ2v) is 15.8. The summed E-state index contributed by atoms with van der Waals surface area (Å²) in [5, 5.41) is 0. The molecule has 3 unspecified atom stereocenters. The summed E-state index contributed by atoms with van der Waals surface area (Å²) in [5.74, 6) is 0. The van der Waals surface area contributed by atoms with Gasteiger partial charge in [0.15, 0.2) is 0 Å². The van der Waals surface area contributed by atoms with Crippen LogP contribution in [0.5, 0.6) is 0 Å². The van der Waals surface area contributed by atoms with Gasteiger partial charge in [-0.3, -0.25) is 0 Å². The summed E-state index contributed by atoms with van der Waals surface area (Å²) in [7, 11) is -5.39. The van der Waals surface area contributed by atoms with Crippen molar-refractivity contribution >= 4 is 7.82 Å². The van der Waals surface area contributed by atoms with E-state index in [-0.39, 0.29) is 0 Å². The van der Waals surface area contributed by atoms with Crippen molar-refractivity contribution in [3.63, 3.8) is 0 Å². The van der Waals surface area contributed by atoms with Crippen LogP contribution >= 0.6 is 7.82 Å². The highest BCUT2D eigenvalue weighted by molar-refractivity contribution is 7.40. The first-order valence-electron chi connectivity index (χ1n) is 22.0. The first-order valence-corrected chi connectivity index (χ1v) is 23.5. The molecule has 0 spiro atoms. The third-order valence-electron chi connectivity index (χ3n) is 10.8. The molecule has 3 N–H and O–H groups in total. The Bertz CT molecular complexity index is 575. The van der Waals surface area contributed by atoms with Crippen molar-refractivity contribution in [2.45, 2.75) is 236 Å². The fourth-order valence-corrected chi connectivity index (χ4v) is 7.15. The lowest BCUT2D eigenvalue weighted by molar-refractivity contribution is -0.920. The topological polar surface area (TPSA) is 99.6 Å². The Hall–Kier alpha value is -0.0100. The molecule has 0 fully saturated rings. The van der Waals surface area contributed by atoms with Crippen LogP contribution in [0.15, 0.2) is 0 Å². The predicted molar refractivity (Wildman–Crippen MR) is 216 cm³/mol. The van der Waals surface area contributed by atoms with Crippen LogP contribution < -0.4 is 29.4 Å².